The van der Waals surface area contributed by atoms with Crippen LogP contribution in [0.15, 0.2) is 40.7 Å². The molecule has 0 amide bonds. The number of guanidine groups is 1. The van der Waals surface area contributed by atoms with E-state index in [0.717, 1.165) is 55.9 Å². The van der Waals surface area contributed by atoms with Crippen LogP contribution in [0.2, 0.25) is 0 Å². The molecular weight excluding hydrogens is 388 g/mol. The van der Waals surface area contributed by atoms with E-state index < -0.39 is 0 Å². The van der Waals surface area contributed by atoms with E-state index >= 15 is 0 Å². The fourth-order valence-electron chi connectivity index (χ4n) is 3.47. The number of para-hydroxylation sites is 1. The Kier molecular flexibility index (Phi) is 8.15. The molecule has 3 rings (SSSR count). The lowest BCUT2D eigenvalue weighted by Gasteiger charge is -2.34. The van der Waals surface area contributed by atoms with Crippen LogP contribution in [0.25, 0.3) is 0 Å². The number of benzene rings is 1. The summed E-state index contributed by atoms with van der Waals surface area (Å²) in [6.07, 6.45) is 0. The Labute approximate surface area is 176 Å². The van der Waals surface area contributed by atoms with Crippen molar-refractivity contribution in [1.29, 1.82) is 0 Å². The lowest BCUT2D eigenvalue weighted by Crippen LogP contribution is -2.46. The van der Waals surface area contributed by atoms with Crippen LogP contribution >= 0.6 is 11.3 Å². The molecule has 2 aromatic rings. The van der Waals surface area contributed by atoms with Gasteiger partial charge in [0.1, 0.15) is 0 Å². The predicted molar refractivity (Wildman–Crippen MR) is 117 cm³/mol. The number of ether oxygens (including phenoxy) is 3. The number of aliphatic imine (C=N–C) groups is 1. The molecule has 1 aliphatic heterocycles. The maximum Gasteiger partial charge on any atom is 0.191 e. The predicted octanol–water partition coefficient (Wildman–Crippen LogP) is 2.50. The molecule has 29 heavy (non-hydrogen) atoms. The van der Waals surface area contributed by atoms with Crippen molar-refractivity contribution < 1.29 is 14.2 Å². The van der Waals surface area contributed by atoms with Crippen LogP contribution < -0.4 is 20.1 Å². The van der Waals surface area contributed by atoms with Crippen LogP contribution in [0.3, 0.4) is 0 Å². The number of methoxy groups -OCH3 is 2. The van der Waals surface area contributed by atoms with Crippen LogP contribution in [-0.2, 0) is 11.3 Å². The number of nitrogens with one attached hydrogen (secondary N) is 2. The molecule has 0 aliphatic carbocycles. The molecule has 1 saturated heterocycles. The molecule has 0 radical (unpaired) electrons. The first-order valence-electron chi connectivity index (χ1n) is 9.76. The van der Waals surface area contributed by atoms with Gasteiger partial charge >= 0.3 is 0 Å². The minimum Gasteiger partial charge on any atom is -0.493 e. The third-order valence-corrected chi connectivity index (χ3v) is 5.95. The number of rotatable bonds is 8. The highest BCUT2D eigenvalue weighted by molar-refractivity contribution is 7.10. The lowest BCUT2D eigenvalue weighted by molar-refractivity contribution is 0.0177. The molecule has 158 valence electrons. The van der Waals surface area contributed by atoms with Gasteiger partial charge in [0.2, 0.25) is 0 Å². The number of thiophene rings is 1. The van der Waals surface area contributed by atoms with Crippen molar-refractivity contribution in [3.63, 3.8) is 0 Å². The molecule has 0 bridgehead atoms. The molecule has 0 spiro atoms. The summed E-state index contributed by atoms with van der Waals surface area (Å²) in [4.78, 5) is 8.21. The molecular formula is C21H30N4O3S. The number of hydrogen-bond acceptors (Lipinski definition) is 6. The Bertz CT molecular complexity index is 776. The zero-order chi connectivity index (χ0) is 20.5. The number of nitrogens with zero attached hydrogens (tertiary/aromatic N) is 2. The SMILES string of the molecule is CN=C(NCc1cccc(OC)c1OC)NCC(c1cccs1)N1CCOCC1. The van der Waals surface area contributed by atoms with Crippen LogP contribution in [0.5, 0.6) is 11.5 Å². The van der Waals surface area contributed by atoms with Gasteiger partial charge in [0.15, 0.2) is 17.5 Å². The molecule has 8 heteroatoms. The highest BCUT2D eigenvalue weighted by Gasteiger charge is 2.23. The highest BCUT2D eigenvalue weighted by Crippen LogP contribution is 2.30. The molecule has 1 fully saturated rings. The van der Waals surface area contributed by atoms with Gasteiger partial charge in [-0.1, -0.05) is 18.2 Å². The summed E-state index contributed by atoms with van der Waals surface area (Å²) in [6.45, 7) is 4.81. The second kappa shape index (κ2) is 11.0. The molecule has 0 saturated carbocycles. The minimum atomic E-state index is 0.295. The summed E-state index contributed by atoms with van der Waals surface area (Å²) in [5.41, 5.74) is 1.01. The van der Waals surface area contributed by atoms with Crippen molar-refractivity contribution in [1.82, 2.24) is 15.5 Å². The van der Waals surface area contributed by atoms with Crippen LogP contribution in [0.4, 0.5) is 0 Å². The molecule has 1 aromatic heterocycles. The normalized spacial score (nSPS) is 16.3. The van der Waals surface area contributed by atoms with Crippen molar-refractivity contribution in [2.75, 3.05) is 54.1 Å². The zero-order valence-corrected chi connectivity index (χ0v) is 18.1. The quantitative estimate of drug-likeness (QED) is 0.507. The Morgan fingerprint density at radius 2 is 2.00 bits per heavy atom. The van der Waals surface area contributed by atoms with Gasteiger partial charge in [-0.3, -0.25) is 9.89 Å². The van der Waals surface area contributed by atoms with E-state index in [1.54, 1.807) is 32.6 Å². The Hall–Kier alpha value is -2.29. The number of hydrogen-bond donors (Lipinski definition) is 2. The van der Waals surface area contributed by atoms with E-state index in [-0.39, 0.29) is 0 Å². The highest BCUT2D eigenvalue weighted by atomic mass is 32.1. The van der Waals surface area contributed by atoms with Crippen LogP contribution in [0, 0.1) is 0 Å². The first-order valence-corrected chi connectivity index (χ1v) is 10.6. The fourth-order valence-corrected chi connectivity index (χ4v) is 4.33. The topological polar surface area (TPSA) is 67.4 Å². The average Bonchev–Trinajstić information content (AvgIpc) is 3.31. The molecule has 2 N–H and O–H groups in total. The maximum atomic E-state index is 5.53. The first-order chi connectivity index (χ1) is 14.3. The van der Waals surface area contributed by atoms with Gasteiger partial charge in [-0.2, -0.15) is 0 Å². The van der Waals surface area contributed by atoms with Gasteiger partial charge in [0.25, 0.3) is 0 Å². The third-order valence-electron chi connectivity index (χ3n) is 4.98. The van der Waals surface area contributed by atoms with E-state index in [1.807, 2.05) is 18.2 Å². The monoisotopic (exact) mass is 418 g/mol. The Balaban J connectivity index is 1.62. The summed E-state index contributed by atoms with van der Waals surface area (Å²) in [5.74, 6) is 2.22. The van der Waals surface area contributed by atoms with E-state index in [4.69, 9.17) is 14.2 Å². The largest absolute Gasteiger partial charge is 0.493 e. The van der Waals surface area contributed by atoms with E-state index in [9.17, 15) is 0 Å². The Morgan fingerprint density at radius 3 is 2.66 bits per heavy atom. The van der Waals surface area contributed by atoms with Crippen molar-refractivity contribution >= 4 is 17.3 Å². The van der Waals surface area contributed by atoms with Gasteiger partial charge in [-0.15, -0.1) is 11.3 Å². The van der Waals surface area contributed by atoms with E-state index in [2.05, 4.69) is 38.0 Å². The van der Waals surface area contributed by atoms with Crippen molar-refractivity contribution in [2.45, 2.75) is 12.6 Å². The average molecular weight is 419 g/mol. The number of morpholine rings is 1. The smallest absolute Gasteiger partial charge is 0.191 e. The van der Waals surface area contributed by atoms with Crippen molar-refractivity contribution in [3.05, 3.63) is 46.2 Å². The second-order valence-electron chi connectivity index (χ2n) is 6.64. The molecule has 1 unspecified atom stereocenters. The summed E-state index contributed by atoms with van der Waals surface area (Å²) in [6, 6.07) is 10.5. The van der Waals surface area contributed by atoms with E-state index in [0.29, 0.717) is 12.6 Å². The van der Waals surface area contributed by atoms with Gasteiger partial charge < -0.3 is 24.8 Å². The van der Waals surface area contributed by atoms with Crippen molar-refractivity contribution in [3.8, 4) is 11.5 Å². The molecule has 7 nitrogen and oxygen atoms in total. The standard InChI is InChI=1S/C21H30N4O3S/c1-22-21(23-14-16-6-4-7-18(26-2)20(16)27-3)24-15-17(19-8-5-13-29-19)25-9-11-28-12-10-25/h4-8,13,17H,9-12,14-15H2,1-3H3,(H2,22,23,24). The summed E-state index contributed by atoms with van der Waals surface area (Å²) < 4.78 is 16.4. The van der Waals surface area contributed by atoms with Gasteiger partial charge in [0.05, 0.1) is 33.5 Å². The van der Waals surface area contributed by atoms with Gasteiger partial charge in [-0.05, 0) is 17.5 Å². The maximum absolute atomic E-state index is 5.53. The van der Waals surface area contributed by atoms with E-state index in [1.165, 1.54) is 4.88 Å². The third kappa shape index (κ3) is 5.62. The first kappa shape index (κ1) is 21.4. The zero-order valence-electron chi connectivity index (χ0n) is 17.3. The molecule has 1 aromatic carbocycles. The van der Waals surface area contributed by atoms with Crippen molar-refractivity contribution in [2.24, 2.45) is 4.99 Å². The van der Waals surface area contributed by atoms with Gasteiger partial charge in [0, 0.05) is 43.7 Å². The summed E-state index contributed by atoms with van der Waals surface area (Å²) in [5, 5.41) is 8.99. The van der Waals surface area contributed by atoms with Crippen LogP contribution in [0.1, 0.15) is 16.5 Å². The second-order valence-corrected chi connectivity index (χ2v) is 7.62. The molecule has 2 heterocycles. The minimum absolute atomic E-state index is 0.295. The van der Waals surface area contributed by atoms with Gasteiger partial charge in [-0.25, -0.2) is 0 Å². The lowest BCUT2D eigenvalue weighted by atomic mass is 10.2. The fraction of sp³-hybridized carbons (Fsp3) is 0.476. The summed E-state index contributed by atoms with van der Waals surface area (Å²) in [7, 11) is 5.08. The Morgan fingerprint density at radius 1 is 1.17 bits per heavy atom. The summed E-state index contributed by atoms with van der Waals surface area (Å²) >= 11 is 1.79. The van der Waals surface area contributed by atoms with Crippen LogP contribution in [-0.4, -0.2) is 65.0 Å². The molecule has 1 aliphatic rings. The molecule has 1 atom stereocenters.